The molecule has 0 bridgehead atoms. The van der Waals surface area contributed by atoms with Gasteiger partial charge < -0.3 is 30.0 Å². The summed E-state index contributed by atoms with van der Waals surface area (Å²) in [6.45, 7) is 5.22. The number of esters is 1. The SMILES string of the molecule is CCOC(=O)C(C)NS(=O)(=O)c1ccc(S(=O)(=O)Oc2cc(C)cc(OCCCON=C(N)N)c2)cc1.Cl. The van der Waals surface area contributed by atoms with Crippen LogP contribution in [0.3, 0.4) is 0 Å². The van der Waals surface area contributed by atoms with Gasteiger partial charge in [-0.2, -0.15) is 13.1 Å². The quantitative estimate of drug-likeness (QED) is 0.0713. The highest BCUT2D eigenvalue weighted by Gasteiger charge is 2.24. The fourth-order valence-corrected chi connectivity index (χ4v) is 4.96. The highest BCUT2D eigenvalue weighted by atomic mass is 35.5. The fraction of sp³-hybridized carbons (Fsp3) is 0.364. The van der Waals surface area contributed by atoms with E-state index in [4.69, 9.17) is 30.0 Å². The molecule has 0 fully saturated rings. The van der Waals surface area contributed by atoms with Gasteiger partial charge in [0.1, 0.15) is 29.0 Å². The monoisotopic (exact) mass is 594 g/mol. The summed E-state index contributed by atoms with van der Waals surface area (Å²) < 4.78 is 68.4. The van der Waals surface area contributed by atoms with Gasteiger partial charge in [-0.05, 0) is 67.9 Å². The van der Waals surface area contributed by atoms with Gasteiger partial charge in [-0.3, -0.25) is 4.79 Å². The van der Waals surface area contributed by atoms with Crippen LogP contribution in [0.1, 0.15) is 25.8 Å². The van der Waals surface area contributed by atoms with Gasteiger partial charge in [0.25, 0.3) is 0 Å². The molecule has 0 spiro atoms. The number of sulfonamides is 1. The lowest BCUT2D eigenvalue weighted by Gasteiger charge is -2.14. The van der Waals surface area contributed by atoms with Crippen LogP contribution in [0.4, 0.5) is 0 Å². The van der Waals surface area contributed by atoms with Crippen molar-refractivity contribution in [2.45, 2.75) is 43.0 Å². The molecule has 0 aliphatic heterocycles. The van der Waals surface area contributed by atoms with Crippen LogP contribution in [0.15, 0.2) is 57.4 Å². The molecule has 2 rings (SSSR count). The standard InChI is InChI=1S/C22H30N4O9S2.ClH/c1-4-32-21(27)16(3)26-36(28,29)19-6-8-20(9-7-19)37(30,31)35-18-13-15(2)12-17(14-18)33-10-5-11-34-25-22(23)24;/h6-9,12-14,16,26H,4-5,10-11H2,1-3H3,(H4,23,24,25);1H. The summed E-state index contributed by atoms with van der Waals surface area (Å²) in [5.41, 5.74) is 11.0. The van der Waals surface area contributed by atoms with E-state index in [0.29, 0.717) is 17.7 Å². The number of nitrogens with two attached hydrogens (primary N) is 2. The molecule has 0 heterocycles. The number of guanidine groups is 1. The summed E-state index contributed by atoms with van der Waals surface area (Å²) in [4.78, 5) is 16.1. The van der Waals surface area contributed by atoms with Crippen molar-refractivity contribution in [2.75, 3.05) is 19.8 Å². The van der Waals surface area contributed by atoms with Gasteiger partial charge in [0.05, 0.1) is 18.1 Å². The van der Waals surface area contributed by atoms with Crippen molar-refractivity contribution < 1.29 is 40.1 Å². The van der Waals surface area contributed by atoms with E-state index < -0.39 is 32.2 Å². The smallest absolute Gasteiger partial charge is 0.339 e. The minimum atomic E-state index is -4.30. The number of nitrogens with zero attached hydrogens (tertiary/aromatic N) is 1. The summed E-state index contributed by atoms with van der Waals surface area (Å²) in [5.74, 6) is -0.553. The van der Waals surface area contributed by atoms with Crippen LogP contribution in [0.2, 0.25) is 0 Å². The Morgan fingerprint density at radius 2 is 1.61 bits per heavy atom. The second kappa shape index (κ2) is 14.6. The second-order valence-corrected chi connectivity index (χ2v) is 10.9. The zero-order valence-corrected chi connectivity index (χ0v) is 23.4. The topological polar surface area (TPSA) is 199 Å². The average molecular weight is 595 g/mol. The van der Waals surface area contributed by atoms with Crippen molar-refractivity contribution in [2.24, 2.45) is 16.6 Å². The van der Waals surface area contributed by atoms with Crippen molar-refractivity contribution in [3.8, 4) is 11.5 Å². The number of ether oxygens (including phenoxy) is 2. The molecular formula is C22H31ClN4O9S2. The van der Waals surface area contributed by atoms with Gasteiger partial charge in [-0.25, -0.2) is 8.42 Å². The maximum absolute atomic E-state index is 12.8. The molecule has 0 radical (unpaired) electrons. The number of halogens is 1. The Morgan fingerprint density at radius 1 is 1.00 bits per heavy atom. The van der Waals surface area contributed by atoms with Crippen LogP contribution in [0.25, 0.3) is 0 Å². The largest absolute Gasteiger partial charge is 0.493 e. The van der Waals surface area contributed by atoms with Gasteiger partial charge in [-0.1, -0.05) is 0 Å². The molecule has 1 atom stereocenters. The van der Waals surface area contributed by atoms with E-state index in [1.165, 1.54) is 19.1 Å². The van der Waals surface area contributed by atoms with Crippen LogP contribution in [-0.2, 0) is 34.5 Å². The number of hydrogen-bond donors (Lipinski definition) is 3. The predicted molar refractivity (Wildman–Crippen MR) is 141 cm³/mol. The molecule has 0 saturated heterocycles. The summed E-state index contributed by atoms with van der Waals surface area (Å²) >= 11 is 0. The second-order valence-electron chi connectivity index (χ2n) is 7.64. The fourth-order valence-electron chi connectivity index (χ4n) is 2.86. The third-order valence-electron chi connectivity index (χ3n) is 4.44. The summed E-state index contributed by atoms with van der Waals surface area (Å²) in [6.07, 6.45) is 0.460. The lowest BCUT2D eigenvalue weighted by Crippen LogP contribution is -2.39. The lowest BCUT2D eigenvalue weighted by atomic mass is 10.2. The van der Waals surface area contributed by atoms with Crippen LogP contribution in [0, 0.1) is 6.92 Å². The Morgan fingerprint density at radius 3 is 2.21 bits per heavy atom. The molecule has 0 amide bonds. The minimum absolute atomic E-state index is 0. The van der Waals surface area contributed by atoms with Gasteiger partial charge in [0.2, 0.25) is 16.0 Å². The molecule has 13 nitrogen and oxygen atoms in total. The molecule has 212 valence electrons. The van der Waals surface area contributed by atoms with Crippen molar-refractivity contribution in [1.29, 1.82) is 0 Å². The molecule has 0 aliphatic carbocycles. The minimum Gasteiger partial charge on any atom is -0.493 e. The van der Waals surface area contributed by atoms with E-state index in [2.05, 4.69) is 9.88 Å². The summed E-state index contributed by atoms with van der Waals surface area (Å²) in [5, 5.41) is 3.39. The van der Waals surface area contributed by atoms with Crippen LogP contribution >= 0.6 is 12.4 Å². The maximum atomic E-state index is 12.8. The number of hydrogen-bond acceptors (Lipinski definition) is 10. The predicted octanol–water partition coefficient (Wildman–Crippen LogP) is 1.39. The Bertz CT molecular complexity index is 1310. The molecule has 5 N–H and O–H groups in total. The Kier molecular flexibility index (Phi) is 12.6. The number of nitrogens with one attached hydrogen (secondary N) is 1. The van der Waals surface area contributed by atoms with Crippen LogP contribution < -0.4 is 25.1 Å². The molecule has 2 aromatic rings. The highest BCUT2D eigenvalue weighted by molar-refractivity contribution is 7.89. The van der Waals surface area contributed by atoms with Gasteiger partial charge in [0.15, 0.2) is 0 Å². The first-order valence-corrected chi connectivity index (χ1v) is 13.9. The van der Waals surface area contributed by atoms with E-state index in [9.17, 15) is 21.6 Å². The normalized spacial score (nSPS) is 12.0. The first-order valence-electron chi connectivity index (χ1n) is 11.0. The number of rotatable bonds is 14. The summed E-state index contributed by atoms with van der Waals surface area (Å²) in [7, 11) is -8.40. The molecule has 0 aromatic heterocycles. The molecule has 38 heavy (non-hydrogen) atoms. The maximum Gasteiger partial charge on any atom is 0.339 e. The zero-order chi connectivity index (χ0) is 27.6. The number of aryl methyl sites for hydroxylation is 1. The third-order valence-corrected chi connectivity index (χ3v) is 7.26. The lowest BCUT2D eigenvalue weighted by molar-refractivity contribution is -0.144. The summed E-state index contributed by atoms with van der Waals surface area (Å²) in [6, 6.07) is 7.83. The van der Waals surface area contributed by atoms with E-state index >= 15 is 0 Å². The average Bonchev–Trinajstić information content (AvgIpc) is 2.80. The van der Waals surface area contributed by atoms with Crippen LogP contribution in [0.5, 0.6) is 11.5 Å². The highest BCUT2D eigenvalue weighted by Crippen LogP contribution is 2.26. The Labute approximate surface area is 228 Å². The first-order chi connectivity index (χ1) is 17.3. The van der Waals surface area contributed by atoms with Crippen molar-refractivity contribution in [3.63, 3.8) is 0 Å². The Balaban J connectivity index is 0.00000722. The number of carbonyl (C=O) groups is 1. The number of carbonyl (C=O) groups excluding carboxylic acids is 1. The third kappa shape index (κ3) is 10.2. The number of oxime groups is 1. The molecular weight excluding hydrogens is 564 g/mol. The van der Waals surface area contributed by atoms with E-state index in [1.807, 2.05) is 0 Å². The van der Waals surface area contributed by atoms with E-state index in [-0.39, 0.29) is 53.7 Å². The van der Waals surface area contributed by atoms with E-state index in [1.54, 1.807) is 19.9 Å². The van der Waals surface area contributed by atoms with Gasteiger partial charge in [-0.15, -0.1) is 12.4 Å². The number of benzene rings is 2. The van der Waals surface area contributed by atoms with Crippen LogP contribution in [-0.4, -0.2) is 54.6 Å². The molecule has 16 heteroatoms. The molecule has 0 saturated carbocycles. The van der Waals surface area contributed by atoms with E-state index in [0.717, 1.165) is 24.3 Å². The van der Waals surface area contributed by atoms with Gasteiger partial charge >= 0.3 is 16.1 Å². The molecule has 0 aliphatic rings. The van der Waals surface area contributed by atoms with Crippen molar-refractivity contribution >= 4 is 44.5 Å². The van der Waals surface area contributed by atoms with Gasteiger partial charge in [0, 0.05) is 12.5 Å². The zero-order valence-electron chi connectivity index (χ0n) is 20.9. The first kappa shape index (κ1) is 32.8. The molecule has 2 aromatic carbocycles. The van der Waals surface area contributed by atoms with Crippen molar-refractivity contribution in [3.05, 3.63) is 48.0 Å². The molecule has 1 unspecified atom stereocenters. The Hall–Kier alpha value is -3.27. The van der Waals surface area contributed by atoms with Crippen molar-refractivity contribution in [1.82, 2.24) is 4.72 Å².